The highest BCUT2D eigenvalue weighted by Crippen LogP contribution is 1.92. The molecule has 0 saturated heterocycles. The molecule has 96 valence electrons. The van der Waals surface area contributed by atoms with Crippen LogP contribution >= 0.6 is 0 Å². The molecule has 0 amide bonds. The Bertz CT molecular complexity index is 274. The first-order valence-corrected chi connectivity index (χ1v) is 4.72. The van der Waals surface area contributed by atoms with Gasteiger partial charge in [-0.05, 0) is 6.42 Å². The Balaban J connectivity index is 0. The third kappa shape index (κ3) is 20.1. The number of aliphatic carboxylic acids is 2. The lowest BCUT2D eigenvalue weighted by Gasteiger charge is -2.01. The molecule has 0 radical (unpaired) electrons. The number of carboxylic acid groups (broad SMARTS) is 2. The summed E-state index contributed by atoms with van der Waals surface area (Å²) < 4.78 is 0. The van der Waals surface area contributed by atoms with Crippen molar-refractivity contribution in [2.75, 3.05) is 0 Å². The van der Waals surface area contributed by atoms with Gasteiger partial charge in [0.25, 0.3) is 0 Å². The second kappa shape index (κ2) is 12.0. The molecule has 0 aliphatic carbocycles. The largest absolute Gasteiger partial charge is 0.550 e. The number of ketones is 1. The van der Waals surface area contributed by atoms with E-state index in [9.17, 15) is 34.2 Å². The Morgan fingerprint density at radius 3 is 1.59 bits per heavy atom. The summed E-state index contributed by atoms with van der Waals surface area (Å²) in [5.74, 6) is -3.51. The molecule has 0 aromatic heterocycles. The molecule has 7 nitrogen and oxygen atoms in total. The molecule has 0 spiro atoms. The maximum Gasteiger partial charge on any atom is 0.138 e. The van der Waals surface area contributed by atoms with Crippen molar-refractivity contribution in [2.24, 2.45) is 0 Å². The quantitative estimate of drug-likeness (QED) is 0.259. The Hall–Kier alpha value is -2.05. The Kier molecular flexibility index (Phi) is 12.3. The molecule has 0 saturated carbocycles. The molecular weight excluding hydrogens is 232 g/mol. The summed E-state index contributed by atoms with van der Waals surface area (Å²) >= 11 is 0. The first kappa shape index (κ1) is 17.3. The van der Waals surface area contributed by atoms with Crippen molar-refractivity contribution >= 4 is 30.3 Å². The third-order valence-corrected chi connectivity index (χ3v) is 1.35. The van der Waals surface area contributed by atoms with E-state index >= 15 is 0 Å². The van der Waals surface area contributed by atoms with E-state index < -0.39 is 30.6 Å². The van der Waals surface area contributed by atoms with Crippen LogP contribution < -0.4 is 10.2 Å². The van der Waals surface area contributed by atoms with Gasteiger partial charge in [-0.3, -0.25) is 4.79 Å². The zero-order valence-electron chi connectivity index (χ0n) is 9.05. The van der Waals surface area contributed by atoms with Gasteiger partial charge in [0.05, 0.1) is 0 Å². The van der Waals surface area contributed by atoms with Crippen LogP contribution in [0.1, 0.15) is 32.1 Å². The summed E-state index contributed by atoms with van der Waals surface area (Å²) in [6.07, 6.45) is 0.714. The van der Waals surface area contributed by atoms with Crippen molar-refractivity contribution in [1.82, 2.24) is 0 Å². The number of rotatable bonds is 8. The van der Waals surface area contributed by atoms with E-state index in [-0.39, 0.29) is 6.42 Å². The molecule has 0 aliphatic rings. The molecule has 0 N–H and O–H groups in total. The van der Waals surface area contributed by atoms with Gasteiger partial charge < -0.3 is 29.4 Å². The summed E-state index contributed by atoms with van der Waals surface area (Å²) in [7, 11) is 0. The first-order chi connectivity index (χ1) is 7.93. The van der Waals surface area contributed by atoms with E-state index in [0.717, 1.165) is 12.6 Å². The Morgan fingerprint density at radius 2 is 1.29 bits per heavy atom. The fourth-order valence-electron chi connectivity index (χ4n) is 0.627. The maximum atomic E-state index is 10.4. The number of hydrogen-bond acceptors (Lipinski definition) is 7. The van der Waals surface area contributed by atoms with Crippen molar-refractivity contribution < 1.29 is 34.2 Å². The molecule has 17 heavy (non-hydrogen) atoms. The van der Waals surface area contributed by atoms with Crippen molar-refractivity contribution in [3.8, 4) is 0 Å². The van der Waals surface area contributed by atoms with Crippen LogP contribution in [-0.2, 0) is 24.0 Å². The summed E-state index contributed by atoms with van der Waals surface area (Å²) in [5, 5.41) is 19.5. The van der Waals surface area contributed by atoms with Crippen LogP contribution in [0.25, 0.3) is 0 Å². The van der Waals surface area contributed by atoms with Crippen LogP contribution in [0.15, 0.2) is 0 Å². The van der Waals surface area contributed by atoms with E-state index in [2.05, 4.69) is 0 Å². The normalized spacial score (nSPS) is 8.47. The topological polar surface area (TPSA) is 131 Å². The van der Waals surface area contributed by atoms with Crippen LogP contribution in [0, 0.1) is 0 Å². The number of carboxylic acids is 2. The van der Waals surface area contributed by atoms with Gasteiger partial charge in [-0.15, -0.1) is 0 Å². The van der Waals surface area contributed by atoms with Crippen molar-refractivity contribution in [3.63, 3.8) is 0 Å². The van der Waals surface area contributed by atoms with Gasteiger partial charge in [-0.2, -0.15) is 0 Å². The molecule has 0 aromatic carbocycles. The highest BCUT2D eigenvalue weighted by Gasteiger charge is 2.01. The fraction of sp³-hybridized carbons (Fsp3) is 0.500. The van der Waals surface area contributed by atoms with E-state index in [1.807, 2.05) is 0 Å². The number of unbranched alkanes of at least 4 members (excludes halogenated alkanes) is 1. The monoisotopic (exact) mass is 244 g/mol. The van der Waals surface area contributed by atoms with Gasteiger partial charge in [0.1, 0.15) is 18.4 Å². The number of carbonyl (C=O) groups is 5. The molecule has 0 rings (SSSR count). The van der Waals surface area contributed by atoms with E-state index in [1.54, 1.807) is 0 Å². The lowest BCUT2D eigenvalue weighted by Crippen LogP contribution is -2.27. The van der Waals surface area contributed by atoms with Gasteiger partial charge in [0.2, 0.25) is 0 Å². The minimum Gasteiger partial charge on any atom is -0.550 e. The van der Waals surface area contributed by atoms with Gasteiger partial charge in [0, 0.05) is 37.6 Å². The van der Waals surface area contributed by atoms with Gasteiger partial charge in [-0.25, -0.2) is 0 Å². The van der Waals surface area contributed by atoms with Crippen LogP contribution in [0.3, 0.4) is 0 Å². The average Bonchev–Trinajstić information content (AvgIpc) is 2.23. The predicted octanol–water partition coefficient (Wildman–Crippen LogP) is -2.61. The van der Waals surface area contributed by atoms with Crippen LogP contribution in [0.4, 0.5) is 0 Å². The van der Waals surface area contributed by atoms with Crippen molar-refractivity contribution in [2.45, 2.75) is 32.1 Å². The molecule has 0 atom stereocenters. The standard InChI is InChI=1S/C6H8O5.C4H6O2/c7-4(3-6(10)11)1-2-5(8)9;5-3-1-2-4-6/h1-3H2,(H,8,9)(H,10,11);3-4H,1-2H2/p-2. The van der Waals surface area contributed by atoms with Crippen LogP contribution in [0.5, 0.6) is 0 Å². The highest BCUT2D eigenvalue weighted by atomic mass is 16.4. The molecule has 0 heterocycles. The smallest absolute Gasteiger partial charge is 0.138 e. The first-order valence-electron chi connectivity index (χ1n) is 4.72. The Morgan fingerprint density at radius 1 is 0.824 bits per heavy atom. The summed E-state index contributed by atoms with van der Waals surface area (Å²) in [6.45, 7) is 0. The zero-order valence-corrected chi connectivity index (χ0v) is 9.05. The number of Topliss-reactive ketones (excluding diaryl/α,β-unsaturated/α-hetero) is 1. The van der Waals surface area contributed by atoms with Gasteiger partial charge >= 0.3 is 0 Å². The second-order valence-electron chi connectivity index (χ2n) is 2.87. The zero-order chi connectivity index (χ0) is 13.7. The van der Waals surface area contributed by atoms with Crippen LogP contribution in [-0.4, -0.2) is 30.3 Å². The lowest BCUT2D eigenvalue weighted by atomic mass is 10.2. The minimum atomic E-state index is -1.49. The van der Waals surface area contributed by atoms with E-state index in [0.29, 0.717) is 12.8 Å². The molecule has 0 aliphatic heterocycles. The molecule has 0 bridgehead atoms. The Labute approximate surface area is 97.4 Å². The molecule has 0 aromatic rings. The third-order valence-electron chi connectivity index (χ3n) is 1.35. The van der Waals surface area contributed by atoms with E-state index in [1.165, 1.54) is 0 Å². The molecular formula is C10H12O7-2. The number of hydrogen-bond donors (Lipinski definition) is 0. The minimum absolute atomic E-state index is 0.309. The van der Waals surface area contributed by atoms with Crippen molar-refractivity contribution in [3.05, 3.63) is 0 Å². The number of aldehydes is 2. The van der Waals surface area contributed by atoms with Crippen molar-refractivity contribution in [1.29, 1.82) is 0 Å². The molecule has 0 unspecified atom stereocenters. The second-order valence-corrected chi connectivity index (χ2v) is 2.87. The summed E-state index contributed by atoms with van der Waals surface area (Å²) in [5.41, 5.74) is 0. The lowest BCUT2D eigenvalue weighted by molar-refractivity contribution is -0.307. The van der Waals surface area contributed by atoms with Crippen LogP contribution in [0.2, 0.25) is 0 Å². The number of carbonyl (C=O) groups excluding carboxylic acids is 5. The summed E-state index contributed by atoms with van der Waals surface area (Å²) in [4.78, 5) is 48.8. The molecule has 7 heteroatoms. The van der Waals surface area contributed by atoms with Gasteiger partial charge in [-0.1, -0.05) is 0 Å². The average molecular weight is 244 g/mol. The fourth-order valence-corrected chi connectivity index (χ4v) is 0.627. The van der Waals surface area contributed by atoms with E-state index in [4.69, 9.17) is 0 Å². The van der Waals surface area contributed by atoms with Gasteiger partial charge in [0.15, 0.2) is 0 Å². The maximum absolute atomic E-state index is 10.4. The highest BCUT2D eigenvalue weighted by molar-refractivity contribution is 5.94. The SMILES string of the molecule is O=C([O-])CCC(=O)CC(=O)[O-].O=CCCC=O. The predicted molar refractivity (Wildman–Crippen MR) is 50.2 cm³/mol. The summed E-state index contributed by atoms with van der Waals surface area (Å²) in [6, 6.07) is 0. The molecule has 0 fully saturated rings.